The van der Waals surface area contributed by atoms with Crippen molar-refractivity contribution in [3.8, 4) is 0 Å². The number of rotatable bonds is 4. The first-order valence-electron chi connectivity index (χ1n) is 6.52. The van der Waals surface area contributed by atoms with Crippen molar-refractivity contribution in [2.75, 3.05) is 17.2 Å². The highest BCUT2D eigenvalue weighted by Crippen LogP contribution is 2.15. The van der Waals surface area contributed by atoms with Crippen molar-refractivity contribution in [3.63, 3.8) is 0 Å². The lowest BCUT2D eigenvalue weighted by Crippen LogP contribution is -2.21. The van der Waals surface area contributed by atoms with Gasteiger partial charge in [0.15, 0.2) is 0 Å². The molecule has 5 heteroatoms. The zero-order valence-corrected chi connectivity index (χ0v) is 11.8. The lowest BCUT2D eigenvalue weighted by Gasteiger charge is -2.09. The van der Waals surface area contributed by atoms with Crippen LogP contribution in [0.15, 0.2) is 36.4 Å². The number of carbonyl (C=O) groups excluding carboxylic acids is 1. The van der Waals surface area contributed by atoms with Gasteiger partial charge in [-0.15, -0.1) is 0 Å². The number of hydrogen-bond acceptors (Lipinski definition) is 2. The molecule has 0 spiro atoms. The second-order valence-corrected chi connectivity index (χ2v) is 4.83. The van der Waals surface area contributed by atoms with E-state index < -0.39 is 0 Å². The van der Waals surface area contributed by atoms with Gasteiger partial charge in [-0.05, 0) is 49.2 Å². The number of benzene rings is 2. The third kappa shape index (κ3) is 4.02. The van der Waals surface area contributed by atoms with Gasteiger partial charge in [-0.3, -0.25) is 4.79 Å². The van der Waals surface area contributed by atoms with Crippen LogP contribution in [0.2, 0.25) is 0 Å². The Bertz CT molecular complexity index is 671. The maximum absolute atomic E-state index is 13.4. The SMILES string of the molecule is Cc1ccc(NCC(=O)Nc2ccc(C)c(F)c2)cc1F. The summed E-state index contributed by atoms with van der Waals surface area (Å²) in [6, 6.07) is 9.13. The molecule has 2 aromatic carbocycles. The summed E-state index contributed by atoms with van der Waals surface area (Å²) in [6.07, 6.45) is 0. The quantitative estimate of drug-likeness (QED) is 0.902. The van der Waals surface area contributed by atoms with Crippen LogP contribution >= 0.6 is 0 Å². The number of amides is 1. The average molecular weight is 290 g/mol. The van der Waals surface area contributed by atoms with Crippen molar-refractivity contribution < 1.29 is 13.6 Å². The van der Waals surface area contributed by atoms with Crippen LogP contribution in [0, 0.1) is 25.5 Å². The molecule has 110 valence electrons. The van der Waals surface area contributed by atoms with Crippen molar-refractivity contribution in [2.24, 2.45) is 0 Å². The van der Waals surface area contributed by atoms with Gasteiger partial charge in [0.1, 0.15) is 11.6 Å². The van der Waals surface area contributed by atoms with E-state index in [4.69, 9.17) is 0 Å². The standard InChI is InChI=1S/C16H16F2N2O/c1-10-3-5-12(7-14(10)17)19-9-16(21)20-13-6-4-11(2)15(18)8-13/h3-8,19H,9H2,1-2H3,(H,20,21). The minimum atomic E-state index is -0.374. The highest BCUT2D eigenvalue weighted by molar-refractivity contribution is 5.93. The Hall–Kier alpha value is -2.43. The molecule has 1 amide bonds. The molecule has 21 heavy (non-hydrogen) atoms. The van der Waals surface area contributed by atoms with Gasteiger partial charge < -0.3 is 10.6 Å². The van der Waals surface area contributed by atoms with E-state index in [1.54, 1.807) is 38.1 Å². The summed E-state index contributed by atoms with van der Waals surface area (Å²) in [4.78, 5) is 11.7. The lowest BCUT2D eigenvalue weighted by atomic mass is 10.2. The molecule has 0 aliphatic heterocycles. The Labute approximate surface area is 122 Å². The summed E-state index contributed by atoms with van der Waals surface area (Å²) >= 11 is 0. The first-order valence-corrected chi connectivity index (χ1v) is 6.52. The predicted molar refractivity (Wildman–Crippen MR) is 79.4 cm³/mol. The molecule has 2 aromatic rings. The van der Waals surface area contributed by atoms with E-state index in [0.717, 1.165) is 0 Å². The average Bonchev–Trinajstić information content (AvgIpc) is 2.44. The van der Waals surface area contributed by atoms with Gasteiger partial charge in [-0.25, -0.2) is 8.78 Å². The third-order valence-electron chi connectivity index (χ3n) is 3.08. The topological polar surface area (TPSA) is 41.1 Å². The van der Waals surface area contributed by atoms with Crippen molar-refractivity contribution in [3.05, 3.63) is 59.2 Å². The van der Waals surface area contributed by atoms with Crippen LogP contribution in [0.4, 0.5) is 20.2 Å². The van der Waals surface area contributed by atoms with Crippen LogP contribution in [0.5, 0.6) is 0 Å². The monoisotopic (exact) mass is 290 g/mol. The van der Waals surface area contributed by atoms with E-state index in [0.29, 0.717) is 22.5 Å². The summed E-state index contributed by atoms with van der Waals surface area (Å²) in [5.74, 6) is -1.04. The van der Waals surface area contributed by atoms with Gasteiger partial charge >= 0.3 is 0 Å². The van der Waals surface area contributed by atoms with E-state index >= 15 is 0 Å². The Balaban J connectivity index is 1.92. The third-order valence-corrected chi connectivity index (χ3v) is 3.08. The molecular weight excluding hydrogens is 274 g/mol. The van der Waals surface area contributed by atoms with Crippen LogP contribution in [0.25, 0.3) is 0 Å². The molecule has 2 rings (SSSR count). The normalized spacial score (nSPS) is 10.3. The minimum Gasteiger partial charge on any atom is -0.376 e. The molecule has 0 aliphatic carbocycles. The van der Waals surface area contributed by atoms with Crippen LogP contribution in [-0.2, 0) is 4.79 Å². The molecule has 3 nitrogen and oxygen atoms in total. The smallest absolute Gasteiger partial charge is 0.243 e. The fourth-order valence-corrected chi connectivity index (χ4v) is 1.76. The minimum absolute atomic E-state index is 0.0298. The molecule has 0 bridgehead atoms. The van der Waals surface area contributed by atoms with Crippen molar-refractivity contribution in [2.45, 2.75) is 13.8 Å². The summed E-state index contributed by atoms with van der Waals surface area (Å²) in [5, 5.41) is 5.38. The van der Waals surface area contributed by atoms with Crippen molar-refractivity contribution >= 4 is 17.3 Å². The number of aryl methyl sites for hydroxylation is 2. The van der Waals surface area contributed by atoms with E-state index in [-0.39, 0.29) is 24.1 Å². The number of halogens is 2. The highest BCUT2D eigenvalue weighted by atomic mass is 19.1. The molecule has 0 fully saturated rings. The maximum Gasteiger partial charge on any atom is 0.243 e. The summed E-state index contributed by atoms with van der Waals surface area (Å²) in [5.41, 5.74) is 1.96. The number of anilines is 2. The molecule has 0 aromatic heterocycles. The predicted octanol–water partition coefficient (Wildman–Crippen LogP) is 3.63. The Kier molecular flexibility index (Phi) is 4.52. The molecule has 0 aliphatic rings. The first-order chi connectivity index (χ1) is 9.95. The zero-order valence-electron chi connectivity index (χ0n) is 11.8. The fraction of sp³-hybridized carbons (Fsp3) is 0.188. The van der Waals surface area contributed by atoms with Gasteiger partial charge in [0, 0.05) is 11.4 Å². The first kappa shape index (κ1) is 15.0. The van der Waals surface area contributed by atoms with Crippen LogP contribution < -0.4 is 10.6 Å². The molecule has 0 heterocycles. The molecule has 0 saturated heterocycles. The summed E-state index contributed by atoms with van der Waals surface area (Å²) in [7, 11) is 0. The Morgan fingerprint density at radius 2 is 1.48 bits per heavy atom. The summed E-state index contributed by atoms with van der Waals surface area (Å²) in [6.45, 7) is 3.28. The molecule has 0 unspecified atom stereocenters. The van der Waals surface area contributed by atoms with Gasteiger partial charge in [0.2, 0.25) is 5.91 Å². The van der Waals surface area contributed by atoms with Crippen molar-refractivity contribution in [1.82, 2.24) is 0 Å². The summed E-state index contributed by atoms with van der Waals surface area (Å²) < 4.78 is 26.7. The molecule has 0 saturated carbocycles. The fourth-order valence-electron chi connectivity index (χ4n) is 1.76. The Morgan fingerprint density at radius 3 is 2.05 bits per heavy atom. The molecule has 2 N–H and O–H groups in total. The maximum atomic E-state index is 13.4. The van der Waals surface area contributed by atoms with Crippen LogP contribution in [-0.4, -0.2) is 12.5 Å². The van der Waals surface area contributed by atoms with Gasteiger partial charge in [-0.2, -0.15) is 0 Å². The van der Waals surface area contributed by atoms with Crippen LogP contribution in [0.1, 0.15) is 11.1 Å². The highest BCUT2D eigenvalue weighted by Gasteiger charge is 2.05. The molecule has 0 atom stereocenters. The molecule has 0 radical (unpaired) electrons. The number of carbonyl (C=O) groups is 1. The Morgan fingerprint density at radius 1 is 0.952 bits per heavy atom. The number of hydrogen-bond donors (Lipinski definition) is 2. The van der Waals surface area contributed by atoms with Gasteiger partial charge in [0.25, 0.3) is 0 Å². The van der Waals surface area contributed by atoms with E-state index in [1.807, 2.05) is 0 Å². The lowest BCUT2D eigenvalue weighted by molar-refractivity contribution is -0.114. The largest absolute Gasteiger partial charge is 0.376 e. The van der Waals surface area contributed by atoms with Crippen LogP contribution in [0.3, 0.4) is 0 Å². The second-order valence-electron chi connectivity index (χ2n) is 4.83. The van der Waals surface area contributed by atoms with Gasteiger partial charge in [-0.1, -0.05) is 12.1 Å². The number of nitrogens with one attached hydrogen (secondary N) is 2. The van der Waals surface area contributed by atoms with E-state index in [1.165, 1.54) is 12.1 Å². The van der Waals surface area contributed by atoms with Gasteiger partial charge in [0.05, 0.1) is 6.54 Å². The second kappa shape index (κ2) is 6.35. The van der Waals surface area contributed by atoms with E-state index in [2.05, 4.69) is 10.6 Å². The zero-order chi connectivity index (χ0) is 15.4. The van der Waals surface area contributed by atoms with E-state index in [9.17, 15) is 13.6 Å². The molecular formula is C16H16F2N2O. The van der Waals surface area contributed by atoms with Crippen molar-refractivity contribution in [1.29, 1.82) is 0 Å².